The molecule has 0 radical (unpaired) electrons. The van der Waals surface area contributed by atoms with Crippen LogP contribution in [0.3, 0.4) is 0 Å². The van der Waals surface area contributed by atoms with Gasteiger partial charge in [0.2, 0.25) is 11.8 Å². The van der Waals surface area contributed by atoms with Crippen molar-refractivity contribution >= 4 is 29.4 Å². The van der Waals surface area contributed by atoms with E-state index in [2.05, 4.69) is 27.0 Å². The number of nitrogens with one attached hydrogen (secondary N) is 3. The minimum Gasteiger partial charge on any atom is -0.463 e. The van der Waals surface area contributed by atoms with E-state index in [1.54, 1.807) is 13.8 Å². The fourth-order valence-electron chi connectivity index (χ4n) is 3.97. The highest BCUT2D eigenvalue weighted by Gasteiger charge is 2.29. The van der Waals surface area contributed by atoms with Crippen LogP contribution in [0.15, 0.2) is 45.9 Å². The maximum Gasteiger partial charge on any atom is 0.330 e. The number of terminal acetylenes is 1. The van der Waals surface area contributed by atoms with Crippen molar-refractivity contribution in [2.45, 2.75) is 45.2 Å². The van der Waals surface area contributed by atoms with E-state index in [-0.39, 0.29) is 42.7 Å². The van der Waals surface area contributed by atoms with Gasteiger partial charge in [-0.1, -0.05) is 11.2 Å². The van der Waals surface area contributed by atoms with Gasteiger partial charge in [-0.05, 0) is 38.8 Å². The van der Waals surface area contributed by atoms with Crippen LogP contribution >= 0.6 is 0 Å². The first-order chi connectivity index (χ1) is 18.2. The van der Waals surface area contributed by atoms with E-state index in [4.69, 9.17) is 15.7 Å². The second-order valence-electron chi connectivity index (χ2n) is 8.57. The fraction of sp³-hybridized carbons (Fsp3) is 0.385. The lowest BCUT2D eigenvalue weighted by molar-refractivity contribution is -0.137. The highest BCUT2D eigenvalue weighted by Crippen LogP contribution is 2.19. The fourth-order valence-corrected chi connectivity index (χ4v) is 3.97. The highest BCUT2D eigenvalue weighted by atomic mass is 16.5. The van der Waals surface area contributed by atoms with Gasteiger partial charge in [0.25, 0.3) is 11.5 Å². The third-order valence-corrected chi connectivity index (χ3v) is 5.81. The molecule has 12 nitrogen and oxygen atoms in total. The van der Waals surface area contributed by atoms with Gasteiger partial charge in [-0.15, -0.1) is 12.3 Å². The molecule has 1 aliphatic rings. The number of nitrogens with zero attached hydrogens (tertiary/aromatic N) is 2. The average molecular weight is 524 g/mol. The SMILES string of the molecule is C#CC[C@@H](C(=O)NC(/C=C/C(=O)OCC)CC1CCNC1=O)n1cccc(NC(=O)c2cc(C)on2)c1=O. The number of pyridine rings is 1. The molecule has 38 heavy (non-hydrogen) atoms. The molecule has 3 rings (SSSR count). The number of esters is 1. The lowest BCUT2D eigenvalue weighted by Gasteiger charge is -2.23. The number of ether oxygens (including phenoxy) is 1. The van der Waals surface area contributed by atoms with Crippen molar-refractivity contribution in [3.05, 3.63) is 58.4 Å². The van der Waals surface area contributed by atoms with Crippen LogP contribution < -0.4 is 21.5 Å². The molecule has 3 amide bonds. The Bertz CT molecular complexity index is 1320. The molecule has 3 heterocycles. The molecule has 12 heteroatoms. The topological polar surface area (TPSA) is 162 Å². The molecule has 1 saturated heterocycles. The summed E-state index contributed by atoms with van der Waals surface area (Å²) in [5.41, 5.74) is -0.762. The summed E-state index contributed by atoms with van der Waals surface area (Å²) in [5.74, 6) is 0.466. The molecule has 3 N–H and O–H groups in total. The molecule has 0 aliphatic carbocycles. The number of hydrogen-bond acceptors (Lipinski definition) is 8. The Morgan fingerprint density at radius 2 is 2.18 bits per heavy atom. The first-order valence-electron chi connectivity index (χ1n) is 12.1. The predicted molar refractivity (Wildman–Crippen MR) is 136 cm³/mol. The van der Waals surface area contributed by atoms with E-state index in [9.17, 15) is 24.0 Å². The average Bonchev–Trinajstić information content (AvgIpc) is 3.50. The van der Waals surface area contributed by atoms with Gasteiger partial charge in [0.05, 0.1) is 6.61 Å². The molecule has 200 valence electrons. The maximum atomic E-state index is 13.4. The number of amides is 3. The summed E-state index contributed by atoms with van der Waals surface area (Å²) in [6.45, 7) is 3.99. The molecule has 2 aromatic rings. The van der Waals surface area contributed by atoms with E-state index in [1.165, 1.54) is 36.5 Å². The van der Waals surface area contributed by atoms with Gasteiger partial charge in [0, 0.05) is 43.3 Å². The Hall–Kier alpha value is -4.66. The van der Waals surface area contributed by atoms with E-state index in [0.29, 0.717) is 18.7 Å². The second kappa shape index (κ2) is 13.0. The quantitative estimate of drug-likeness (QED) is 0.224. The Morgan fingerprint density at radius 3 is 2.82 bits per heavy atom. The molecule has 0 spiro atoms. The molecular weight excluding hydrogens is 494 g/mol. The van der Waals surface area contributed by atoms with Crippen LogP contribution in [0, 0.1) is 25.2 Å². The number of carbonyl (C=O) groups is 4. The number of carbonyl (C=O) groups excluding carboxylic acids is 4. The van der Waals surface area contributed by atoms with Crippen molar-refractivity contribution in [2.24, 2.45) is 5.92 Å². The summed E-state index contributed by atoms with van der Waals surface area (Å²) in [6, 6.07) is 2.45. The van der Waals surface area contributed by atoms with Crippen molar-refractivity contribution in [3.63, 3.8) is 0 Å². The molecule has 0 saturated carbocycles. The van der Waals surface area contributed by atoms with Crippen molar-refractivity contribution in [2.75, 3.05) is 18.5 Å². The summed E-state index contributed by atoms with van der Waals surface area (Å²) < 4.78 is 10.9. The summed E-state index contributed by atoms with van der Waals surface area (Å²) in [7, 11) is 0. The largest absolute Gasteiger partial charge is 0.463 e. The summed E-state index contributed by atoms with van der Waals surface area (Å²) in [6.07, 6.45) is 10.2. The van der Waals surface area contributed by atoms with Gasteiger partial charge < -0.3 is 29.8 Å². The lowest BCUT2D eigenvalue weighted by atomic mass is 9.97. The molecule has 0 aromatic carbocycles. The normalized spacial score (nSPS) is 16.3. The van der Waals surface area contributed by atoms with Crippen LogP contribution in [0.25, 0.3) is 0 Å². The Morgan fingerprint density at radius 1 is 1.39 bits per heavy atom. The zero-order valence-corrected chi connectivity index (χ0v) is 21.1. The van der Waals surface area contributed by atoms with Gasteiger partial charge in [-0.2, -0.15) is 0 Å². The van der Waals surface area contributed by atoms with E-state index < -0.39 is 35.4 Å². The van der Waals surface area contributed by atoms with Crippen LogP contribution in [0.2, 0.25) is 0 Å². The Balaban J connectivity index is 1.83. The van der Waals surface area contributed by atoms with Crippen molar-refractivity contribution in [3.8, 4) is 12.3 Å². The van der Waals surface area contributed by atoms with Crippen molar-refractivity contribution in [1.29, 1.82) is 0 Å². The lowest BCUT2D eigenvalue weighted by Crippen LogP contribution is -2.43. The second-order valence-corrected chi connectivity index (χ2v) is 8.57. The molecule has 2 unspecified atom stereocenters. The number of anilines is 1. The van der Waals surface area contributed by atoms with E-state index in [1.807, 2.05) is 0 Å². The van der Waals surface area contributed by atoms with Crippen molar-refractivity contribution < 1.29 is 28.4 Å². The molecule has 1 aliphatic heterocycles. The van der Waals surface area contributed by atoms with Gasteiger partial charge in [-0.25, -0.2) is 4.79 Å². The van der Waals surface area contributed by atoms with E-state index >= 15 is 0 Å². The molecule has 0 bridgehead atoms. The van der Waals surface area contributed by atoms with Gasteiger partial charge in [0.15, 0.2) is 5.69 Å². The minimum atomic E-state index is -1.13. The van der Waals surface area contributed by atoms with E-state index in [0.717, 1.165) is 4.57 Å². The zero-order valence-electron chi connectivity index (χ0n) is 21.1. The van der Waals surface area contributed by atoms with Crippen LogP contribution in [-0.4, -0.2) is 52.6 Å². The summed E-state index contributed by atoms with van der Waals surface area (Å²) >= 11 is 0. The number of hydrogen-bond donors (Lipinski definition) is 3. The summed E-state index contributed by atoms with van der Waals surface area (Å²) in [5, 5.41) is 11.6. The Labute approximate surface area is 218 Å². The number of rotatable bonds is 11. The molecular formula is C26H29N5O7. The molecule has 3 atom stereocenters. The van der Waals surface area contributed by atoms with Gasteiger partial charge in [0.1, 0.15) is 17.5 Å². The third kappa shape index (κ3) is 7.19. The van der Waals surface area contributed by atoms with Crippen LogP contribution in [0.1, 0.15) is 48.5 Å². The molecule has 2 aromatic heterocycles. The third-order valence-electron chi connectivity index (χ3n) is 5.81. The summed E-state index contributed by atoms with van der Waals surface area (Å²) in [4.78, 5) is 63.0. The zero-order chi connectivity index (χ0) is 27.7. The number of aryl methyl sites for hydroxylation is 1. The first-order valence-corrected chi connectivity index (χ1v) is 12.1. The minimum absolute atomic E-state index is 0.0117. The van der Waals surface area contributed by atoms with Crippen LogP contribution in [0.5, 0.6) is 0 Å². The number of aromatic nitrogens is 2. The first kappa shape index (κ1) is 27.9. The highest BCUT2D eigenvalue weighted by molar-refractivity contribution is 6.02. The van der Waals surface area contributed by atoms with Gasteiger partial charge in [-0.3, -0.25) is 19.2 Å². The predicted octanol–water partition coefficient (Wildman–Crippen LogP) is 1.09. The standard InChI is InChI=1S/C26H29N5O7/c1-4-7-21(31-13-6-8-19(26(31)36)29-24(34)20-14-16(3)38-30-20)25(35)28-18(9-10-22(32)37-5-2)15-17-11-12-27-23(17)33/h1,6,8-10,13-14,17-18,21H,5,7,11-12,15H2,2-3H3,(H,27,33)(H,28,35)(H,29,34)/b10-9+/t17?,18?,21-/m0/s1. The molecule has 1 fully saturated rings. The van der Waals surface area contributed by atoms with Crippen LogP contribution in [0.4, 0.5) is 5.69 Å². The Kier molecular flexibility index (Phi) is 9.59. The monoisotopic (exact) mass is 523 g/mol. The smallest absolute Gasteiger partial charge is 0.330 e. The van der Waals surface area contributed by atoms with Crippen molar-refractivity contribution in [1.82, 2.24) is 20.4 Å². The van der Waals surface area contributed by atoms with Crippen LogP contribution in [-0.2, 0) is 19.1 Å². The van der Waals surface area contributed by atoms with Gasteiger partial charge >= 0.3 is 5.97 Å². The maximum absolute atomic E-state index is 13.4.